The summed E-state index contributed by atoms with van der Waals surface area (Å²) in [6.07, 6.45) is 5.11. The average Bonchev–Trinajstić information content (AvgIpc) is 2.26. The number of unbranched alkanes of at least 4 members (excludes halogenated alkanes) is 1. The summed E-state index contributed by atoms with van der Waals surface area (Å²) in [6, 6.07) is 7.00. The van der Waals surface area contributed by atoms with Crippen LogP contribution < -0.4 is 5.32 Å². The van der Waals surface area contributed by atoms with Gasteiger partial charge in [-0.1, -0.05) is 18.2 Å². The maximum Gasteiger partial charge on any atom is 0.123 e. The van der Waals surface area contributed by atoms with Crippen LogP contribution in [0.2, 0.25) is 0 Å². The lowest BCUT2D eigenvalue weighted by Gasteiger charge is -2.16. The maximum atomic E-state index is 12.7. The summed E-state index contributed by atoms with van der Waals surface area (Å²) in [7, 11) is 1.93. The second kappa shape index (κ2) is 6.36. The number of nitrogens with one attached hydrogen (secondary N) is 1. The van der Waals surface area contributed by atoms with Crippen LogP contribution in [0.5, 0.6) is 0 Å². The molecule has 0 bridgehead atoms. The predicted octanol–water partition coefficient (Wildman–Crippen LogP) is 3.44. The first kappa shape index (κ1) is 11.9. The zero-order valence-corrected chi connectivity index (χ0v) is 9.17. The molecule has 1 aromatic carbocycles. The van der Waals surface area contributed by atoms with Gasteiger partial charge in [0, 0.05) is 6.04 Å². The molecule has 0 aromatic heterocycles. The van der Waals surface area contributed by atoms with Crippen molar-refractivity contribution in [2.75, 3.05) is 7.05 Å². The summed E-state index contributed by atoms with van der Waals surface area (Å²) in [5.41, 5.74) is 1.14. The minimum absolute atomic E-state index is 0.181. The Bertz CT molecular complexity index is 292. The fourth-order valence-corrected chi connectivity index (χ4v) is 1.64. The Morgan fingerprint density at radius 1 is 1.40 bits per heavy atom. The topological polar surface area (TPSA) is 12.0 Å². The lowest BCUT2D eigenvalue weighted by atomic mass is 10.0. The molecule has 0 aliphatic rings. The fourth-order valence-electron chi connectivity index (χ4n) is 1.64. The van der Waals surface area contributed by atoms with Crippen LogP contribution in [-0.4, -0.2) is 7.05 Å². The molecule has 0 aliphatic carbocycles. The molecule has 1 atom stereocenters. The van der Waals surface area contributed by atoms with Crippen LogP contribution in [0.1, 0.15) is 30.9 Å². The highest BCUT2D eigenvalue weighted by Crippen LogP contribution is 2.19. The van der Waals surface area contributed by atoms with Crippen LogP contribution in [0.3, 0.4) is 0 Å². The Kier molecular flexibility index (Phi) is 5.05. The van der Waals surface area contributed by atoms with E-state index >= 15 is 0 Å². The number of halogens is 1. The summed E-state index contributed by atoms with van der Waals surface area (Å²) in [4.78, 5) is 0. The van der Waals surface area contributed by atoms with Gasteiger partial charge in [-0.15, -0.1) is 6.58 Å². The minimum atomic E-state index is -0.181. The Hall–Kier alpha value is -1.15. The van der Waals surface area contributed by atoms with Gasteiger partial charge in [0.05, 0.1) is 0 Å². The van der Waals surface area contributed by atoms with E-state index in [0.717, 1.165) is 24.8 Å². The van der Waals surface area contributed by atoms with Crippen LogP contribution in [-0.2, 0) is 0 Å². The molecule has 0 heterocycles. The van der Waals surface area contributed by atoms with Crippen molar-refractivity contribution in [1.82, 2.24) is 5.32 Å². The van der Waals surface area contributed by atoms with Gasteiger partial charge in [-0.25, -0.2) is 4.39 Å². The summed E-state index contributed by atoms with van der Waals surface area (Å²) in [5, 5.41) is 3.24. The van der Waals surface area contributed by atoms with Gasteiger partial charge in [-0.05, 0) is 44.0 Å². The minimum Gasteiger partial charge on any atom is -0.313 e. The smallest absolute Gasteiger partial charge is 0.123 e. The second-order valence-corrected chi connectivity index (χ2v) is 3.61. The lowest BCUT2D eigenvalue weighted by Crippen LogP contribution is -2.16. The summed E-state index contributed by atoms with van der Waals surface area (Å²) in [6.45, 7) is 3.70. The maximum absolute atomic E-state index is 12.7. The van der Waals surface area contributed by atoms with Crippen molar-refractivity contribution in [3.63, 3.8) is 0 Å². The number of benzene rings is 1. The second-order valence-electron chi connectivity index (χ2n) is 3.61. The van der Waals surface area contributed by atoms with E-state index in [1.165, 1.54) is 12.1 Å². The van der Waals surface area contributed by atoms with Gasteiger partial charge >= 0.3 is 0 Å². The molecule has 1 nitrogen and oxygen atoms in total. The van der Waals surface area contributed by atoms with E-state index in [2.05, 4.69) is 11.9 Å². The van der Waals surface area contributed by atoms with E-state index in [4.69, 9.17) is 0 Å². The molecular weight excluding hydrogens is 189 g/mol. The van der Waals surface area contributed by atoms with Crippen molar-refractivity contribution in [3.8, 4) is 0 Å². The van der Waals surface area contributed by atoms with Crippen LogP contribution in [0.4, 0.5) is 4.39 Å². The Balaban J connectivity index is 2.57. The molecule has 82 valence electrons. The van der Waals surface area contributed by atoms with Crippen molar-refractivity contribution in [2.24, 2.45) is 0 Å². The summed E-state index contributed by atoms with van der Waals surface area (Å²) < 4.78 is 12.7. The SMILES string of the molecule is C=CCCCC(NC)c1ccc(F)cc1. The molecule has 2 heteroatoms. The Morgan fingerprint density at radius 2 is 2.07 bits per heavy atom. The molecule has 0 fully saturated rings. The summed E-state index contributed by atoms with van der Waals surface area (Å²) in [5.74, 6) is -0.181. The summed E-state index contributed by atoms with van der Waals surface area (Å²) >= 11 is 0. The molecule has 0 amide bonds. The van der Waals surface area contributed by atoms with Gasteiger partial charge in [0.1, 0.15) is 5.82 Å². The highest BCUT2D eigenvalue weighted by molar-refractivity contribution is 5.19. The Labute approximate surface area is 91.0 Å². The fraction of sp³-hybridized carbons (Fsp3) is 0.385. The average molecular weight is 207 g/mol. The van der Waals surface area contributed by atoms with E-state index in [9.17, 15) is 4.39 Å². The van der Waals surface area contributed by atoms with Gasteiger partial charge in [0.2, 0.25) is 0 Å². The van der Waals surface area contributed by atoms with Crippen molar-refractivity contribution < 1.29 is 4.39 Å². The normalized spacial score (nSPS) is 12.4. The van der Waals surface area contributed by atoms with Gasteiger partial charge in [0.25, 0.3) is 0 Å². The number of rotatable bonds is 6. The first-order chi connectivity index (χ1) is 7.27. The lowest BCUT2D eigenvalue weighted by molar-refractivity contribution is 0.528. The molecule has 1 rings (SSSR count). The van der Waals surface area contributed by atoms with Crippen LogP contribution in [0.25, 0.3) is 0 Å². The third-order valence-electron chi connectivity index (χ3n) is 2.52. The number of allylic oxidation sites excluding steroid dienone is 1. The van der Waals surface area contributed by atoms with E-state index in [0.29, 0.717) is 6.04 Å². The van der Waals surface area contributed by atoms with E-state index in [-0.39, 0.29) is 5.82 Å². The number of hydrogen-bond donors (Lipinski definition) is 1. The Morgan fingerprint density at radius 3 is 2.60 bits per heavy atom. The predicted molar refractivity (Wildman–Crippen MR) is 62.2 cm³/mol. The molecule has 1 aromatic rings. The van der Waals surface area contributed by atoms with E-state index in [1.54, 1.807) is 0 Å². The van der Waals surface area contributed by atoms with Gasteiger partial charge in [-0.3, -0.25) is 0 Å². The molecule has 0 aliphatic heterocycles. The zero-order chi connectivity index (χ0) is 11.1. The first-order valence-electron chi connectivity index (χ1n) is 5.31. The van der Waals surface area contributed by atoms with E-state index < -0.39 is 0 Å². The largest absolute Gasteiger partial charge is 0.313 e. The molecule has 0 spiro atoms. The standard InChI is InChI=1S/C13H18FN/c1-3-4-5-6-13(15-2)11-7-9-12(14)10-8-11/h3,7-10,13,15H,1,4-6H2,2H3. The third-order valence-corrected chi connectivity index (χ3v) is 2.52. The molecule has 0 radical (unpaired) electrons. The quantitative estimate of drug-likeness (QED) is 0.556. The van der Waals surface area contributed by atoms with Crippen molar-refractivity contribution >= 4 is 0 Å². The van der Waals surface area contributed by atoms with Crippen LogP contribution in [0.15, 0.2) is 36.9 Å². The molecule has 15 heavy (non-hydrogen) atoms. The van der Waals surface area contributed by atoms with Gasteiger partial charge < -0.3 is 5.32 Å². The van der Waals surface area contributed by atoms with Crippen molar-refractivity contribution in [3.05, 3.63) is 48.3 Å². The zero-order valence-electron chi connectivity index (χ0n) is 9.17. The molecule has 1 unspecified atom stereocenters. The molecular formula is C13H18FN. The van der Waals surface area contributed by atoms with Crippen LogP contribution >= 0.6 is 0 Å². The highest BCUT2D eigenvalue weighted by atomic mass is 19.1. The van der Waals surface area contributed by atoms with Crippen molar-refractivity contribution in [1.29, 1.82) is 0 Å². The monoisotopic (exact) mass is 207 g/mol. The van der Waals surface area contributed by atoms with Gasteiger partial charge in [-0.2, -0.15) is 0 Å². The molecule has 0 saturated carbocycles. The van der Waals surface area contributed by atoms with Gasteiger partial charge in [0.15, 0.2) is 0 Å². The number of hydrogen-bond acceptors (Lipinski definition) is 1. The first-order valence-corrected chi connectivity index (χ1v) is 5.31. The van der Waals surface area contributed by atoms with Crippen molar-refractivity contribution in [2.45, 2.75) is 25.3 Å². The third kappa shape index (κ3) is 3.84. The highest BCUT2D eigenvalue weighted by Gasteiger charge is 2.07. The molecule has 1 N–H and O–H groups in total. The van der Waals surface area contributed by atoms with E-state index in [1.807, 2.05) is 25.3 Å². The molecule has 0 saturated heterocycles. The van der Waals surface area contributed by atoms with Crippen LogP contribution in [0, 0.1) is 5.82 Å².